The average molecular weight is 423 g/mol. The van der Waals surface area contributed by atoms with Crippen LogP contribution in [0.4, 0.5) is 27.1 Å². The average Bonchev–Trinajstić information content (AvgIpc) is 3.62. The molecule has 0 saturated heterocycles. The van der Waals surface area contributed by atoms with E-state index in [1.165, 1.54) is 11.1 Å². The number of nitrogens with two attached hydrogens (primary N) is 2. The zero-order chi connectivity index (χ0) is 22.0. The molecule has 162 valence electrons. The number of nitrogens with one attached hydrogen (secondary N) is 2. The number of nitrogens with zero attached hydrogens (tertiary/aromatic N) is 2. The Hall–Kier alpha value is -3.26. The molecule has 0 radical (unpaired) electrons. The predicted molar refractivity (Wildman–Crippen MR) is 122 cm³/mol. The quantitative estimate of drug-likeness (QED) is 0.211. The monoisotopic (exact) mass is 422 g/mol. The Kier molecular flexibility index (Phi) is 5.99. The molecule has 0 heterocycles. The second kappa shape index (κ2) is 8.85. The molecule has 0 spiro atoms. The normalized spacial score (nSPS) is 16.1. The van der Waals surface area contributed by atoms with E-state index >= 15 is 0 Å². The van der Waals surface area contributed by atoms with Gasteiger partial charge in [0.05, 0.1) is 17.1 Å². The maximum absolute atomic E-state index is 14.7. The summed E-state index contributed by atoms with van der Waals surface area (Å²) in [6.45, 7) is -0.134. The molecule has 7 nitrogen and oxygen atoms in total. The lowest BCUT2D eigenvalue weighted by molar-refractivity contribution is -0.115. The highest BCUT2D eigenvalue weighted by molar-refractivity contribution is 6.07. The smallest absolute Gasteiger partial charge is 0.245 e. The van der Waals surface area contributed by atoms with Crippen molar-refractivity contribution in [2.45, 2.75) is 32.1 Å². The second-order valence-electron chi connectivity index (χ2n) is 8.25. The summed E-state index contributed by atoms with van der Waals surface area (Å²) in [6.07, 6.45) is 4.79. The number of carbonyl (C=O) groups is 1. The van der Waals surface area contributed by atoms with Crippen LogP contribution in [-0.2, 0) is 4.79 Å². The Morgan fingerprint density at radius 1 is 1.16 bits per heavy atom. The van der Waals surface area contributed by atoms with E-state index in [0.717, 1.165) is 31.4 Å². The van der Waals surface area contributed by atoms with Crippen molar-refractivity contribution in [3.05, 3.63) is 48.3 Å². The number of hydrazine groups is 1. The van der Waals surface area contributed by atoms with Gasteiger partial charge >= 0.3 is 0 Å². The number of nitrogen functional groups attached to an aromatic ring is 1. The molecule has 0 atom stereocenters. The third kappa shape index (κ3) is 5.46. The van der Waals surface area contributed by atoms with Gasteiger partial charge in [-0.15, -0.1) is 0 Å². The minimum atomic E-state index is -0.509. The molecular formula is C23H27FN6O. The molecule has 2 aromatic carbocycles. The number of benzene rings is 2. The zero-order valence-electron chi connectivity index (χ0n) is 17.3. The van der Waals surface area contributed by atoms with Gasteiger partial charge in [-0.1, -0.05) is 12.1 Å². The number of aliphatic imine (C=N–C) groups is 1. The summed E-state index contributed by atoms with van der Waals surface area (Å²) in [5.74, 6) is 5.79. The van der Waals surface area contributed by atoms with Crippen LogP contribution < -0.4 is 21.9 Å². The van der Waals surface area contributed by atoms with Crippen molar-refractivity contribution in [1.82, 2.24) is 0 Å². The number of carbonyl (C=O) groups excluding carboxylic acids is 1. The Balaban J connectivity index is 1.40. The summed E-state index contributed by atoms with van der Waals surface area (Å²) in [5, 5.41) is 12.1. The highest BCUT2D eigenvalue weighted by Gasteiger charge is 2.32. The van der Waals surface area contributed by atoms with Crippen LogP contribution in [0, 0.1) is 23.1 Å². The number of hydrogen-bond donors (Lipinski definition) is 4. The van der Waals surface area contributed by atoms with Crippen LogP contribution in [0.5, 0.6) is 0 Å². The Bertz CT molecular complexity index is 1030. The number of rotatable bonds is 9. The van der Waals surface area contributed by atoms with E-state index in [1.807, 2.05) is 0 Å². The summed E-state index contributed by atoms with van der Waals surface area (Å²) in [4.78, 5) is 16.9. The number of anilines is 3. The van der Waals surface area contributed by atoms with Crippen molar-refractivity contribution in [2.24, 2.45) is 22.7 Å². The van der Waals surface area contributed by atoms with Crippen LogP contribution in [-0.4, -0.2) is 23.9 Å². The van der Waals surface area contributed by atoms with E-state index in [2.05, 4.69) is 10.3 Å². The van der Waals surface area contributed by atoms with Crippen molar-refractivity contribution in [3.63, 3.8) is 0 Å². The first-order chi connectivity index (χ1) is 14.9. The fraction of sp³-hybridized carbons (Fsp3) is 0.348. The van der Waals surface area contributed by atoms with Gasteiger partial charge in [-0.05, 0) is 67.9 Å². The van der Waals surface area contributed by atoms with Crippen LogP contribution >= 0.6 is 0 Å². The molecule has 6 N–H and O–H groups in total. The fourth-order valence-corrected chi connectivity index (χ4v) is 3.48. The predicted octanol–water partition coefficient (Wildman–Crippen LogP) is 4.03. The summed E-state index contributed by atoms with van der Waals surface area (Å²) in [5.41, 5.74) is 9.05. The van der Waals surface area contributed by atoms with Crippen LogP contribution in [0.25, 0.3) is 0 Å². The van der Waals surface area contributed by atoms with Crippen molar-refractivity contribution in [3.8, 4) is 0 Å². The minimum absolute atomic E-state index is 0.134. The lowest BCUT2D eigenvalue weighted by Gasteiger charge is -2.19. The summed E-state index contributed by atoms with van der Waals surface area (Å²) in [7, 11) is 0. The van der Waals surface area contributed by atoms with Gasteiger partial charge in [0.2, 0.25) is 5.91 Å². The molecule has 31 heavy (non-hydrogen) atoms. The van der Waals surface area contributed by atoms with Gasteiger partial charge in [0, 0.05) is 23.5 Å². The maximum Gasteiger partial charge on any atom is 0.245 e. The highest BCUT2D eigenvalue weighted by Crippen LogP contribution is 2.37. The molecule has 0 aromatic heterocycles. The molecule has 0 unspecified atom stereocenters. The lowest BCUT2D eigenvalue weighted by Crippen LogP contribution is -2.39. The van der Waals surface area contributed by atoms with Crippen molar-refractivity contribution < 1.29 is 9.18 Å². The van der Waals surface area contributed by atoms with Gasteiger partial charge < -0.3 is 16.5 Å². The van der Waals surface area contributed by atoms with Gasteiger partial charge in [0.25, 0.3) is 0 Å². The first kappa shape index (κ1) is 21.0. The summed E-state index contributed by atoms with van der Waals surface area (Å²) in [6, 6.07) is 11.4. The van der Waals surface area contributed by atoms with Crippen LogP contribution in [0.2, 0.25) is 0 Å². The standard InChI is InChI=1S/C23H27FN6O/c24-17-11-16(28-23(31)13-30(27)22-4-2-1-3-18(22)25)9-10-20(17)29-21(15-7-8-15)12-19(26)14-5-6-14/h1-4,9-11,14-15,26H,5-8,12-13,25,27H2,(H,28,31). The highest BCUT2D eigenvalue weighted by atomic mass is 19.1. The second-order valence-corrected chi connectivity index (χ2v) is 8.25. The topological polar surface area (TPSA) is 121 Å². The Morgan fingerprint density at radius 2 is 1.87 bits per heavy atom. The van der Waals surface area contributed by atoms with Gasteiger partial charge in [0.1, 0.15) is 6.54 Å². The Morgan fingerprint density at radius 3 is 2.52 bits per heavy atom. The molecule has 0 aliphatic heterocycles. The van der Waals surface area contributed by atoms with Gasteiger partial charge in [0.15, 0.2) is 5.82 Å². The first-order valence-electron chi connectivity index (χ1n) is 10.5. The van der Waals surface area contributed by atoms with Crippen LogP contribution in [0.1, 0.15) is 32.1 Å². The van der Waals surface area contributed by atoms with E-state index in [0.29, 0.717) is 41.0 Å². The van der Waals surface area contributed by atoms with Crippen LogP contribution in [0.3, 0.4) is 0 Å². The summed E-state index contributed by atoms with van der Waals surface area (Å²) >= 11 is 0. The minimum Gasteiger partial charge on any atom is -0.397 e. The van der Waals surface area contributed by atoms with Gasteiger partial charge in [-0.25, -0.2) is 10.2 Å². The molecule has 2 fully saturated rings. The van der Waals surface area contributed by atoms with E-state index in [9.17, 15) is 9.18 Å². The molecule has 2 aromatic rings. The maximum atomic E-state index is 14.7. The fourth-order valence-electron chi connectivity index (χ4n) is 3.48. The summed E-state index contributed by atoms with van der Waals surface area (Å²) < 4.78 is 14.7. The number of para-hydroxylation sites is 2. The molecule has 2 aliphatic rings. The lowest BCUT2D eigenvalue weighted by atomic mass is 10.1. The van der Waals surface area contributed by atoms with Crippen molar-refractivity contribution >= 4 is 40.1 Å². The third-order valence-electron chi connectivity index (χ3n) is 5.55. The van der Waals surface area contributed by atoms with Crippen molar-refractivity contribution in [2.75, 3.05) is 22.6 Å². The molecule has 0 bridgehead atoms. The Labute approximate surface area is 180 Å². The largest absolute Gasteiger partial charge is 0.397 e. The van der Waals surface area contributed by atoms with Crippen LogP contribution in [0.15, 0.2) is 47.5 Å². The molecule has 2 aliphatic carbocycles. The van der Waals surface area contributed by atoms with Crippen molar-refractivity contribution in [1.29, 1.82) is 5.41 Å². The molecule has 2 saturated carbocycles. The zero-order valence-corrected chi connectivity index (χ0v) is 17.3. The van der Waals surface area contributed by atoms with E-state index in [-0.39, 0.29) is 12.2 Å². The first-order valence-corrected chi connectivity index (χ1v) is 10.5. The number of amides is 1. The van der Waals surface area contributed by atoms with E-state index in [1.54, 1.807) is 36.4 Å². The van der Waals surface area contributed by atoms with Gasteiger partial charge in [-0.3, -0.25) is 14.8 Å². The van der Waals surface area contributed by atoms with Gasteiger partial charge in [-0.2, -0.15) is 0 Å². The molecular weight excluding hydrogens is 395 g/mol. The third-order valence-corrected chi connectivity index (χ3v) is 5.55. The van der Waals surface area contributed by atoms with E-state index < -0.39 is 11.7 Å². The van der Waals surface area contributed by atoms with E-state index in [4.69, 9.17) is 17.0 Å². The molecule has 4 rings (SSSR count). The number of hydrogen-bond acceptors (Lipinski definition) is 6. The molecule has 8 heteroatoms. The molecule has 1 amide bonds. The SMILES string of the molecule is N=C(CC(=Nc1ccc(NC(=O)CN(N)c2ccccc2N)cc1F)C1CC1)C1CC1. The number of halogens is 1.